The van der Waals surface area contributed by atoms with Crippen molar-refractivity contribution in [2.24, 2.45) is 0 Å². The number of aromatic nitrogens is 2. The van der Waals surface area contributed by atoms with Crippen molar-refractivity contribution in [2.45, 2.75) is 20.4 Å². The Labute approximate surface area is 111 Å². The summed E-state index contributed by atoms with van der Waals surface area (Å²) < 4.78 is 7.03. The number of hydrogen-bond acceptors (Lipinski definition) is 3. The molecule has 0 unspecified atom stereocenters. The zero-order chi connectivity index (χ0) is 13.8. The number of hydrogen-bond donors (Lipinski definition) is 1. The highest BCUT2D eigenvalue weighted by molar-refractivity contribution is 5.67. The number of aliphatic carboxylic acids is 1. The van der Waals surface area contributed by atoms with Crippen molar-refractivity contribution in [1.29, 1.82) is 0 Å². The maximum atomic E-state index is 10.6. The van der Waals surface area contributed by atoms with Crippen LogP contribution in [-0.4, -0.2) is 27.2 Å². The Hall–Kier alpha value is -2.30. The monoisotopic (exact) mass is 260 g/mol. The van der Waals surface area contributed by atoms with Crippen molar-refractivity contribution in [3.8, 4) is 17.0 Å². The first-order valence-corrected chi connectivity index (χ1v) is 6.07. The van der Waals surface area contributed by atoms with E-state index in [9.17, 15) is 4.79 Å². The van der Waals surface area contributed by atoms with Crippen molar-refractivity contribution in [1.82, 2.24) is 9.55 Å². The van der Waals surface area contributed by atoms with Gasteiger partial charge in [0.15, 0.2) is 0 Å². The molecule has 1 aromatic heterocycles. The quantitative estimate of drug-likeness (QED) is 0.896. The van der Waals surface area contributed by atoms with Crippen LogP contribution in [0.2, 0.25) is 0 Å². The number of benzene rings is 1. The lowest BCUT2D eigenvalue weighted by Gasteiger charge is -2.07. The lowest BCUT2D eigenvalue weighted by Crippen LogP contribution is -2.06. The Morgan fingerprint density at radius 2 is 2.26 bits per heavy atom. The summed E-state index contributed by atoms with van der Waals surface area (Å²) in [5.74, 6) is -0.0250. The molecule has 0 bridgehead atoms. The highest BCUT2D eigenvalue weighted by atomic mass is 16.5. The third-order valence-corrected chi connectivity index (χ3v) is 2.72. The van der Waals surface area contributed by atoms with E-state index in [0.717, 1.165) is 22.6 Å². The van der Waals surface area contributed by atoms with Crippen LogP contribution in [0.15, 0.2) is 30.7 Å². The van der Waals surface area contributed by atoms with Gasteiger partial charge in [0, 0.05) is 11.8 Å². The van der Waals surface area contributed by atoms with Gasteiger partial charge in [0.1, 0.15) is 12.3 Å². The average Bonchev–Trinajstić information content (AvgIpc) is 2.79. The van der Waals surface area contributed by atoms with E-state index >= 15 is 0 Å². The number of rotatable bonds is 5. The second-order valence-electron chi connectivity index (χ2n) is 4.24. The summed E-state index contributed by atoms with van der Waals surface area (Å²) in [5, 5.41) is 8.72. The Balaban J connectivity index is 2.24. The van der Waals surface area contributed by atoms with Gasteiger partial charge in [-0.15, -0.1) is 0 Å². The lowest BCUT2D eigenvalue weighted by atomic mass is 10.1. The largest absolute Gasteiger partial charge is 0.494 e. The van der Waals surface area contributed by atoms with E-state index in [0.29, 0.717) is 6.61 Å². The second-order valence-corrected chi connectivity index (χ2v) is 4.24. The molecule has 0 saturated heterocycles. The van der Waals surface area contributed by atoms with Crippen LogP contribution in [0.5, 0.6) is 5.75 Å². The predicted octanol–water partition coefficient (Wildman–Crippen LogP) is 2.34. The van der Waals surface area contributed by atoms with E-state index in [1.54, 1.807) is 10.8 Å². The molecule has 0 spiro atoms. The van der Waals surface area contributed by atoms with Crippen molar-refractivity contribution in [3.63, 3.8) is 0 Å². The summed E-state index contributed by atoms with van der Waals surface area (Å²) in [7, 11) is 0. The molecule has 5 heteroatoms. The molecular formula is C14H16N2O3. The number of nitrogens with zero attached hydrogens (tertiary/aromatic N) is 2. The molecule has 2 aromatic rings. The molecule has 5 nitrogen and oxygen atoms in total. The number of imidazole rings is 1. The van der Waals surface area contributed by atoms with E-state index in [4.69, 9.17) is 9.84 Å². The predicted molar refractivity (Wildman–Crippen MR) is 71.2 cm³/mol. The van der Waals surface area contributed by atoms with Gasteiger partial charge in [0.25, 0.3) is 0 Å². The second kappa shape index (κ2) is 5.56. The van der Waals surface area contributed by atoms with Crippen LogP contribution in [0, 0.1) is 6.92 Å². The minimum Gasteiger partial charge on any atom is -0.494 e. The number of aryl methyl sites for hydroxylation is 1. The van der Waals surface area contributed by atoms with Crippen molar-refractivity contribution in [3.05, 3.63) is 36.3 Å². The first kappa shape index (κ1) is 13.1. The fourth-order valence-electron chi connectivity index (χ4n) is 1.88. The molecule has 0 fully saturated rings. The van der Waals surface area contributed by atoms with Crippen molar-refractivity contribution in [2.75, 3.05) is 6.61 Å². The van der Waals surface area contributed by atoms with Gasteiger partial charge in [-0.3, -0.25) is 4.79 Å². The first-order chi connectivity index (χ1) is 9.10. The third kappa shape index (κ3) is 3.13. The highest BCUT2D eigenvalue weighted by Crippen LogP contribution is 2.25. The van der Waals surface area contributed by atoms with Crippen LogP contribution in [-0.2, 0) is 11.3 Å². The molecular weight excluding hydrogens is 244 g/mol. The van der Waals surface area contributed by atoms with Crippen molar-refractivity contribution >= 4 is 5.97 Å². The normalized spacial score (nSPS) is 10.4. The van der Waals surface area contributed by atoms with Crippen LogP contribution < -0.4 is 4.74 Å². The SMILES string of the molecule is CCOc1ccc(-c2cn(CC(=O)O)cn2)cc1C. The molecule has 1 N–H and O–H groups in total. The molecule has 0 aliphatic carbocycles. The van der Waals surface area contributed by atoms with E-state index in [1.807, 2.05) is 32.0 Å². The lowest BCUT2D eigenvalue weighted by molar-refractivity contribution is -0.137. The maximum Gasteiger partial charge on any atom is 0.323 e. The molecule has 0 radical (unpaired) electrons. The van der Waals surface area contributed by atoms with Crippen molar-refractivity contribution < 1.29 is 14.6 Å². The van der Waals surface area contributed by atoms with Gasteiger partial charge < -0.3 is 14.4 Å². The number of carboxylic acids is 1. The van der Waals surface area contributed by atoms with Crippen LogP contribution in [0.1, 0.15) is 12.5 Å². The minimum atomic E-state index is -0.883. The smallest absolute Gasteiger partial charge is 0.323 e. The summed E-state index contributed by atoms with van der Waals surface area (Å²) in [6, 6.07) is 5.81. The van der Waals surface area contributed by atoms with Gasteiger partial charge in [-0.05, 0) is 37.6 Å². The summed E-state index contributed by atoms with van der Waals surface area (Å²) in [6.45, 7) is 4.47. The summed E-state index contributed by atoms with van der Waals surface area (Å²) >= 11 is 0. The molecule has 0 aliphatic rings. The van der Waals surface area contributed by atoms with Gasteiger partial charge in [-0.25, -0.2) is 4.98 Å². The fraction of sp³-hybridized carbons (Fsp3) is 0.286. The zero-order valence-electron chi connectivity index (χ0n) is 11.0. The van der Waals surface area contributed by atoms with Crippen LogP contribution in [0.3, 0.4) is 0 Å². The molecule has 0 amide bonds. The fourth-order valence-corrected chi connectivity index (χ4v) is 1.88. The first-order valence-electron chi connectivity index (χ1n) is 6.07. The Morgan fingerprint density at radius 3 is 2.89 bits per heavy atom. The summed E-state index contributed by atoms with van der Waals surface area (Å²) in [5.41, 5.74) is 2.74. The van der Waals surface area contributed by atoms with Crippen LogP contribution in [0.25, 0.3) is 11.3 Å². The van der Waals surface area contributed by atoms with E-state index < -0.39 is 5.97 Å². The Kier molecular flexibility index (Phi) is 3.85. The zero-order valence-corrected chi connectivity index (χ0v) is 11.0. The van der Waals surface area contributed by atoms with E-state index in [1.165, 1.54) is 6.33 Å². The third-order valence-electron chi connectivity index (χ3n) is 2.72. The summed E-state index contributed by atoms with van der Waals surface area (Å²) in [6.07, 6.45) is 3.25. The molecule has 0 saturated carbocycles. The van der Waals surface area contributed by atoms with Gasteiger partial charge in [-0.2, -0.15) is 0 Å². The molecule has 0 aliphatic heterocycles. The van der Waals surface area contributed by atoms with Gasteiger partial charge >= 0.3 is 5.97 Å². The standard InChI is InChI=1S/C14H16N2O3/c1-3-19-13-5-4-11(6-10(13)2)12-7-16(9-15-12)8-14(17)18/h4-7,9H,3,8H2,1-2H3,(H,17,18). The van der Waals surface area contributed by atoms with Gasteiger partial charge in [0.2, 0.25) is 0 Å². The Bertz CT molecular complexity index is 590. The van der Waals surface area contributed by atoms with Crippen LogP contribution in [0.4, 0.5) is 0 Å². The topological polar surface area (TPSA) is 64.3 Å². The summed E-state index contributed by atoms with van der Waals surface area (Å²) in [4.78, 5) is 14.8. The Morgan fingerprint density at radius 1 is 1.47 bits per heavy atom. The van der Waals surface area contributed by atoms with Crippen LogP contribution >= 0.6 is 0 Å². The maximum absolute atomic E-state index is 10.6. The number of carbonyl (C=O) groups is 1. The van der Waals surface area contributed by atoms with E-state index in [-0.39, 0.29) is 6.54 Å². The molecule has 0 atom stereocenters. The molecule has 2 rings (SSSR count). The highest BCUT2D eigenvalue weighted by Gasteiger charge is 2.07. The molecule has 1 heterocycles. The van der Waals surface area contributed by atoms with E-state index in [2.05, 4.69) is 4.98 Å². The molecule has 100 valence electrons. The average molecular weight is 260 g/mol. The number of ether oxygens (including phenoxy) is 1. The number of carboxylic acid groups (broad SMARTS) is 1. The van der Waals surface area contributed by atoms with Gasteiger partial charge in [-0.1, -0.05) is 0 Å². The van der Waals surface area contributed by atoms with Gasteiger partial charge in [0.05, 0.1) is 18.6 Å². The molecule has 19 heavy (non-hydrogen) atoms. The molecule has 1 aromatic carbocycles. The minimum absolute atomic E-state index is 0.0803.